The fourth-order valence-corrected chi connectivity index (χ4v) is 5.12. The number of anilines is 1. The molecule has 0 aromatic heterocycles. The van der Waals surface area contributed by atoms with E-state index in [2.05, 4.69) is 5.32 Å². The molecule has 0 atom stereocenters. The van der Waals surface area contributed by atoms with Crippen LogP contribution in [0.5, 0.6) is 0 Å². The zero-order valence-electron chi connectivity index (χ0n) is 16.3. The second-order valence-corrected chi connectivity index (χ2v) is 9.09. The molecule has 0 unspecified atom stereocenters. The zero-order chi connectivity index (χ0) is 19.2. The zero-order valence-corrected chi connectivity index (χ0v) is 17.1. The van der Waals surface area contributed by atoms with Gasteiger partial charge < -0.3 is 5.32 Å². The fourth-order valence-electron chi connectivity index (χ4n) is 3.63. The third-order valence-corrected chi connectivity index (χ3v) is 7.38. The number of hydrogen-bond acceptors (Lipinski definition) is 3. The second-order valence-electron chi connectivity index (χ2n) is 7.16. The highest BCUT2D eigenvalue weighted by Gasteiger charge is 2.22. The molecule has 5 nitrogen and oxygen atoms in total. The van der Waals surface area contributed by atoms with Crippen molar-refractivity contribution in [2.75, 3.05) is 18.4 Å². The normalized spacial score (nSPS) is 16.0. The van der Waals surface area contributed by atoms with Crippen LogP contribution in [0.1, 0.15) is 64.4 Å². The van der Waals surface area contributed by atoms with E-state index >= 15 is 0 Å². The van der Waals surface area contributed by atoms with E-state index < -0.39 is 10.0 Å². The van der Waals surface area contributed by atoms with Crippen LogP contribution < -0.4 is 5.32 Å². The van der Waals surface area contributed by atoms with Gasteiger partial charge in [-0.2, -0.15) is 4.31 Å². The third-order valence-electron chi connectivity index (χ3n) is 5.33. The first-order valence-electron chi connectivity index (χ1n) is 9.79. The van der Waals surface area contributed by atoms with E-state index in [1.54, 1.807) is 18.2 Å². The molecule has 0 radical (unpaired) electrons. The summed E-state index contributed by atoms with van der Waals surface area (Å²) in [5.74, 6) is 0.626. The van der Waals surface area contributed by atoms with Gasteiger partial charge in [-0.25, -0.2) is 8.42 Å². The minimum Gasteiger partial charge on any atom is -0.326 e. The number of rotatable bonds is 8. The van der Waals surface area contributed by atoms with Crippen molar-refractivity contribution in [2.24, 2.45) is 5.92 Å². The predicted molar refractivity (Wildman–Crippen MR) is 106 cm³/mol. The average Bonchev–Trinajstić information content (AvgIpc) is 2.63. The Morgan fingerprint density at radius 2 is 1.81 bits per heavy atom. The van der Waals surface area contributed by atoms with Gasteiger partial charge in [0.2, 0.25) is 15.9 Å². The average molecular weight is 381 g/mol. The van der Waals surface area contributed by atoms with Gasteiger partial charge in [0.1, 0.15) is 0 Å². The fraction of sp³-hybridized carbons (Fsp3) is 0.650. The van der Waals surface area contributed by atoms with E-state index in [0.717, 1.165) is 12.0 Å². The summed E-state index contributed by atoms with van der Waals surface area (Å²) in [6, 6.07) is 4.95. The van der Waals surface area contributed by atoms with Crippen molar-refractivity contribution in [1.29, 1.82) is 0 Å². The summed E-state index contributed by atoms with van der Waals surface area (Å²) >= 11 is 0. The number of sulfonamides is 1. The lowest BCUT2D eigenvalue weighted by atomic mass is 9.86. The largest absolute Gasteiger partial charge is 0.326 e. The molecule has 6 heteroatoms. The van der Waals surface area contributed by atoms with Gasteiger partial charge in [-0.05, 0) is 37.0 Å². The maximum atomic E-state index is 12.7. The van der Waals surface area contributed by atoms with Crippen LogP contribution in [0.15, 0.2) is 23.1 Å². The molecule has 1 aromatic rings. The van der Waals surface area contributed by atoms with Crippen LogP contribution in [0.25, 0.3) is 0 Å². The molecule has 0 aliphatic heterocycles. The second kappa shape index (κ2) is 9.51. The van der Waals surface area contributed by atoms with Crippen LogP contribution in [0, 0.1) is 12.8 Å². The Morgan fingerprint density at radius 3 is 2.42 bits per heavy atom. The number of aryl methyl sites for hydroxylation is 1. The number of nitrogens with zero attached hydrogens (tertiary/aromatic N) is 1. The lowest BCUT2D eigenvalue weighted by Gasteiger charge is -2.21. The van der Waals surface area contributed by atoms with Gasteiger partial charge in [0.15, 0.2) is 0 Å². The van der Waals surface area contributed by atoms with Crippen molar-refractivity contribution in [3.8, 4) is 0 Å². The molecule has 1 aromatic carbocycles. The SMILES string of the molecule is CCN(CC)S(=O)(=O)c1ccc(C)c(NC(=O)CCC2CCCCC2)c1. The molecule has 26 heavy (non-hydrogen) atoms. The van der Waals surface area contributed by atoms with Gasteiger partial charge in [-0.1, -0.05) is 52.0 Å². The van der Waals surface area contributed by atoms with Crippen molar-refractivity contribution < 1.29 is 13.2 Å². The Kier molecular flexibility index (Phi) is 7.65. The lowest BCUT2D eigenvalue weighted by Crippen LogP contribution is -2.30. The Bertz CT molecular complexity index is 706. The first kappa shape index (κ1) is 20.9. The van der Waals surface area contributed by atoms with Gasteiger partial charge in [0.05, 0.1) is 4.90 Å². The van der Waals surface area contributed by atoms with E-state index in [9.17, 15) is 13.2 Å². The number of carbonyl (C=O) groups excluding carboxylic acids is 1. The maximum absolute atomic E-state index is 12.7. The summed E-state index contributed by atoms with van der Waals surface area (Å²) in [6.07, 6.45) is 7.73. The van der Waals surface area contributed by atoms with Crippen molar-refractivity contribution >= 4 is 21.6 Å². The van der Waals surface area contributed by atoms with Crippen LogP contribution in [-0.4, -0.2) is 31.7 Å². The van der Waals surface area contributed by atoms with Gasteiger partial charge in [0, 0.05) is 25.2 Å². The predicted octanol–water partition coefficient (Wildman–Crippen LogP) is 4.32. The van der Waals surface area contributed by atoms with Crippen LogP contribution in [0.3, 0.4) is 0 Å². The molecule has 1 amide bonds. The van der Waals surface area contributed by atoms with Crippen LogP contribution in [-0.2, 0) is 14.8 Å². The summed E-state index contributed by atoms with van der Waals surface area (Å²) in [6.45, 7) is 6.38. The minimum absolute atomic E-state index is 0.0314. The summed E-state index contributed by atoms with van der Waals surface area (Å²) in [7, 11) is -3.52. The number of carbonyl (C=O) groups is 1. The molecule has 0 spiro atoms. The molecule has 1 saturated carbocycles. The third kappa shape index (κ3) is 5.30. The summed E-state index contributed by atoms with van der Waals surface area (Å²) < 4.78 is 26.8. The van der Waals surface area contributed by atoms with Crippen molar-refractivity contribution in [3.63, 3.8) is 0 Å². The lowest BCUT2D eigenvalue weighted by molar-refractivity contribution is -0.116. The molecular formula is C20H32N2O3S. The standard InChI is InChI=1S/C20H32N2O3S/c1-4-22(5-2)26(24,25)18-13-11-16(3)19(15-18)21-20(23)14-12-17-9-7-6-8-10-17/h11,13,15,17H,4-10,12,14H2,1-3H3,(H,21,23). The Balaban J connectivity index is 2.05. The number of hydrogen-bond donors (Lipinski definition) is 1. The van der Waals surface area contributed by atoms with E-state index in [4.69, 9.17) is 0 Å². The van der Waals surface area contributed by atoms with Gasteiger partial charge >= 0.3 is 0 Å². The van der Waals surface area contributed by atoms with Gasteiger partial charge in [-0.15, -0.1) is 0 Å². The smallest absolute Gasteiger partial charge is 0.243 e. The van der Waals surface area contributed by atoms with E-state index in [1.807, 2.05) is 20.8 Å². The van der Waals surface area contributed by atoms with Gasteiger partial charge in [0.25, 0.3) is 0 Å². The molecule has 2 rings (SSSR count). The molecule has 0 bridgehead atoms. The van der Waals surface area contributed by atoms with E-state index in [-0.39, 0.29) is 10.8 Å². The van der Waals surface area contributed by atoms with E-state index in [1.165, 1.54) is 36.4 Å². The van der Waals surface area contributed by atoms with Crippen molar-refractivity contribution in [3.05, 3.63) is 23.8 Å². The Hall–Kier alpha value is -1.40. The monoisotopic (exact) mass is 380 g/mol. The molecule has 0 heterocycles. The molecule has 1 fully saturated rings. The Labute approximate surface area is 158 Å². The maximum Gasteiger partial charge on any atom is 0.243 e. The molecule has 1 aliphatic rings. The number of nitrogens with one attached hydrogen (secondary N) is 1. The molecule has 1 aliphatic carbocycles. The van der Waals surface area contributed by atoms with Crippen molar-refractivity contribution in [2.45, 2.75) is 70.6 Å². The van der Waals surface area contributed by atoms with Crippen LogP contribution in [0.2, 0.25) is 0 Å². The number of amides is 1. The summed E-state index contributed by atoms with van der Waals surface area (Å²) in [5.41, 5.74) is 1.46. The molecule has 0 saturated heterocycles. The first-order valence-corrected chi connectivity index (χ1v) is 11.2. The van der Waals surface area contributed by atoms with E-state index in [0.29, 0.717) is 31.1 Å². The number of benzene rings is 1. The van der Waals surface area contributed by atoms with Crippen LogP contribution in [0.4, 0.5) is 5.69 Å². The molecular weight excluding hydrogens is 348 g/mol. The highest BCUT2D eigenvalue weighted by molar-refractivity contribution is 7.89. The minimum atomic E-state index is -3.52. The highest BCUT2D eigenvalue weighted by atomic mass is 32.2. The van der Waals surface area contributed by atoms with Gasteiger partial charge in [-0.3, -0.25) is 4.79 Å². The molecule has 146 valence electrons. The first-order chi connectivity index (χ1) is 12.4. The summed E-state index contributed by atoms with van der Waals surface area (Å²) in [5, 5.41) is 2.92. The Morgan fingerprint density at radius 1 is 1.15 bits per heavy atom. The molecule has 1 N–H and O–H groups in total. The highest BCUT2D eigenvalue weighted by Crippen LogP contribution is 2.28. The quantitative estimate of drug-likeness (QED) is 0.730. The van der Waals surface area contributed by atoms with Crippen LogP contribution >= 0.6 is 0 Å². The van der Waals surface area contributed by atoms with Crippen molar-refractivity contribution in [1.82, 2.24) is 4.31 Å². The topological polar surface area (TPSA) is 66.5 Å². The summed E-state index contributed by atoms with van der Waals surface area (Å²) in [4.78, 5) is 12.6.